The molecule has 21 heavy (non-hydrogen) atoms. The zero-order valence-corrected chi connectivity index (χ0v) is 11.7. The molecule has 2 N–H and O–H groups in total. The minimum absolute atomic E-state index is 0.419. The number of hydrogen-bond donors (Lipinski definition) is 1. The van der Waals surface area contributed by atoms with Crippen molar-refractivity contribution in [1.29, 1.82) is 0 Å². The second kappa shape index (κ2) is 5.25. The molecule has 0 aliphatic rings. The second-order valence-corrected chi connectivity index (χ2v) is 4.90. The van der Waals surface area contributed by atoms with Crippen LogP contribution in [0.5, 0.6) is 0 Å². The molecule has 0 radical (unpaired) electrons. The van der Waals surface area contributed by atoms with Crippen LogP contribution < -0.4 is 5.73 Å². The van der Waals surface area contributed by atoms with Gasteiger partial charge in [-0.1, -0.05) is 48.0 Å². The summed E-state index contributed by atoms with van der Waals surface area (Å²) in [5, 5.41) is 4.52. The van der Waals surface area contributed by atoms with Crippen LogP contribution >= 0.6 is 0 Å². The van der Waals surface area contributed by atoms with Gasteiger partial charge in [-0.05, 0) is 19.1 Å². The van der Waals surface area contributed by atoms with E-state index in [-0.39, 0.29) is 0 Å². The largest absolute Gasteiger partial charge is 0.365 e. The van der Waals surface area contributed by atoms with Gasteiger partial charge in [0.2, 0.25) is 0 Å². The number of amides is 1. The molecule has 4 heteroatoms. The Labute approximate surface area is 122 Å². The Balaban J connectivity index is 2.14. The number of benzene rings is 2. The number of aromatic nitrogens is 2. The van der Waals surface area contributed by atoms with Gasteiger partial charge in [-0.3, -0.25) is 4.79 Å². The summed E-state index contributed by atoms with van der Waals surface area (Å²) in [7, 11) is 0. The van der Waals surface area contributed by atoms with Crippen LogP contribution in [0, 0.1) is 6.92 Å². The molecule has 0 saturated carbocycles. The highest BCUT2D eigenvalue weighted by Gasteiger charge is 2.16. The van der Waals surface area contributed by atoms with Gasteiger partial charge in [-0.25, -0.2) is 4.68 Å². The summed E-state index contributed by atoms with van der Waals surface area (Å²) in [5.74, 6) is -0.479. The summed E-state index contributed by atoms with van der Waals surface area (Å²) in [6.45, 7) is 2.02. The maximum Gasteiger partial charge on any atom is 0.252 e. The lowest BCUT2D eigenvalue weighted by atomic mass is 10.1. The first-order valence-electron chi connectivity index (χ1n) is 6.67. The molecule has 0 aliphatic heterocycles. The van der Waals surface area contributed by atoms with Crippen LogP contribution in [0.2, 0.25) is 0 Å². The van der Waals surface area contributed by atoms with E-state index < -0.39 is 5.91 Å². The van der Waals surface area contributed by atoms with E-state index in [9.17, 15) is 4.79 Å². The van der Waals surface area contributed by atoms with Crippen molar-refractivity contribution in [3.63, 3.8) is 0 Å². The Kier molecular flexibility index (Phi) is 3.28. The van der Waals surface area contributed by atoms with Gasteiger partial charge in [0.1, 0.15) is 5.69 Å². The minimum Gasteiger partial charge on any atom is -0.365 e. The predicted octanol–water partition coefficient (Wildman–Crippen LogP) is 2.95. The standard InChI is InChI=1S/C17H15N3O/c1-12-7-9-13(10-8-12)16-15(17(18)21)11-20(19-16)14-5-3-2-4-6-14/h2-11H,1H3,(H2,18,21). The van der Waals surface area contributed by atoms with Crippen LogP contribution in [0.15, 0.2) is 60.8 Å². The normalized spacial score (nSPS) is 10.5. The number of carbonyl (C=O) groups excluding carboxylic acids is 1. The number of nitrogens with zero attached hydrogens (tertiary/aromatic N) is 2. The molecule has 0 unspecified atom stereocenters. The summed E-state index contributed by atoms with van der Waals surface area (Å²) in [4.78, 5) is 11.7. The lowest BCUT2D eigenvalue weighted by Crippen LogP contribution is -2.11. The van der Waals surface area contributed by atoms with Gasteiger partial charge in [0, 0.05) is 11.8 Å². The average Bonchev–Trinajstić information content (AvgIpc) is 2.94. The van der Waals surface area contributed by atoms with Gasteiger partial charge in [0.15, 0.2) is 0 Å². The Morgan fingerprint density at radius 3 is 2.33 bits per heavy atom. The molecule has 2 aromatic carbocycles. The Morgan fingerprint density at radius 2 is 1.71 bits per heavy atom. The van der Waals surface area contributed by atoms with Crippen molar-refractivity contribution in [3.05, 3.63) is 71.9 Å². The van der Waals surface area contributed by atoms with Gasteiger partial charge < -0.3 is 5.73 Å². The number of hydrogen-bond acceptors (Lipinski definition) is 2. The van der Waals surface area contributed by atoms with Gasteiger partial charge in [-0.15, -0.1) is 0 Å². The SMILES string of the molecule is Cc1ccc(-c2nn(-c3ccccc3)cc2C(N)=O)cc1. The lowest BCUT2D eigenvalue weighted by Gasteiger charge is -2.01. The number of nitrogens with two attached hydrogens (primary N) is 1. The molecule has 0 aliphatic carbocycles. The highest BCUT2D eigenvalue weighted by Crippen LogP contribution is 2.23. The summed E-state index contributed by atoms with van der Waals surface area (Å²) in [6.07, 6.45) is 1.67. The molecule has 1 heterocycles. The van der Waals surface area contributed by atoms with E-state index in [1.54, 1.807) is 10.9 Å². The molecule has 104 valence electrons. The van der Waals surface area contributed by atoms with E-state index in [1.807, 2.05) is 61.5 Å². The molecule has 0 saturated heterocycles. The molecule has 0 atom stereocenters. The van der Waals surface area contributed by atoms with Crippen molar-refractivity contribution >= 4 is 5.91 Å². The Bertz CT molecular complexity index is 774. The highest BCUT2D eigenvalue weighted by molar-refractivity contribution is 5.98. The summed E-state index contributed by atoms with van der Waals surface area (Å²) in [5.41, 5.74) is 9.42. The van der Waals surface area contributed by atoms with Crippen molar-refractivity contribution in [1.82, 2.24) is 9.78 Å². The van der Waals surface area contributed by atoms with Crippen LogP contribution in [-0.2, 0) is 0 Å². The quantitative estimate of drug-likeness (QED) is 0.800. The van der Waals surface area contributed by atoms with E-state index in [1.165, 1.54) is 0 Å². The number of carbonyl (C=O) groups is 1. The van der Waals surface area contributed by atoms with Crippen LogP contribution in [0.25, 0.3) is 16.9 Å². The Hall–Kier alpha value is -2.88. The second-order valence-electron chi connectivity index (χ2n) is 4.90. The first-order valence-corrected chi connectivity index (χ1v) is 6.67. The van der Waals surface area contributed by atoms with Crippen molar-refractivity contribution in [3.8, 4) is 16.9 Å². The topological polar surface area (TPSA) is 60.9 Å². The molecule has 3 aromatic rings. The third kappa shape index (κ3) is 2.56. The fourth-order valence-corrected chi connectivity index (χ4v) is 2.19. The smallest absolute Gasteiger partial charge is 0.252 e. The number of primary amides is 1. The first kappa shape index (κ1) is 13.1. The first-order chi connectivity index (χ1) is 10.1. The van der Waals surface area contributed by atoms with Gasteiger partial charge in [0.25, 0.3) is 5.91 Å². The monoisotopic (exact) mass is 277 g/mol. The molecular formula is C17H15N3O. The van der Waals surface area contributed by atoms with Crippen LogP contribution in [0.1, 0.15) is 15.9 Å². The summed E-state index contributed by atoms with van der Waals surface area (Å²) < 4.78 is 1.68. The third-order valence-corrected chi connectivity index (χ3v) is 3.33. The van der Waals surface area contributed by atoms with Crippen LogP contribution in [-0.4, -0.2) is 15.7 Å². The van der Waals surface area contributed by atoms with Crippen LogP contribution in [0.4, 0.5) is 0 Å². The van der Waals surface area contributed by atoms with E-state index >= 15 is 0 Å². The molecule has 1 amide bonds. The van der Waals surface area contributed by atoms with Gasteiger partial charge in [0.05, 0.1) is 11.3 Å². The highest BCUT2D eigenvalue weighted by atomic mass is 16.1. The molecule has 3 rings (SSSR count). The van der Waals surface area contributed by atoms with E-state index in [0.717, 1.165) is 16.8 Å². The lowest BCUT2D eigenvalue weighted by molar-refractivity contribution is 0.100. The number of aryl methyl sites for hydroxylation is 1. The van der Waals surface area contributed by atoms with Crippen molar-refractivity contribution < 1.29 is 4.79 Å². The zero-order chi connectivity index (χ0) is 14.8. The minimum atomic E-state index is -0.479. The number of para-hydroxylation sites is 1. The van der Waals surface area contributed by atoms with E-state index in [4.69, 9.17) is 5.73 Å². The maximum atomic E-state index is 11.7. The van der Waals surface area contributed by atoms with E-state index in [0.29, 0.717) is 11.3 Å². The van der Waals surface area contributed by atoms with Crippen molar-refractivity contribution in [2.45, 2.75) is 6.92 Å². The summed E-state index contributed by atoms with van der Waals surface area (Å²) in [6, 6.07) is 17.5. The zero-order valence-electron chi connectivity index (χ0n) is 11.7. The molecule has 1 aromatic heterocycles. The Morgan fingerprint density at radius 1 is 1.05 bits per heavy atom. The fourth-order valence-electron chi connectivity index (χ4n) is 2.19. The maximum absolute atomic E-state index is 11.7. The predicted molar refractivity (Wildman–Crippen MR) is 82.3 cm³/mol. The number of rotatable bonds is 3. The van der Waals surface area contributed by atoms with Gasteiger partial charge in [-0.2, -0.15) is 5.10 Å². The van der Waals surface area contributed by atoms with E-state index in [2.05, 4.69) is 5.10 Å². The van der Waals surface area contributed by atoms with Crippen molar-refractivity contribution in [2.24, 2.45) is 5.73 Å². The summed E-state index contributed by atoms with van der Waals surface area (Å²) >= 11 is 0. The van der Waals surface area contributed by atoms with Crippen molar-refractivity contribution in [2.75, 3.05) is 0 Å². The van der Waals surface area contributed by atoms with Gasteiger partial charge >= 0.3 is 0 Å². The molecular weight excluding hydrogens is 262 g/mol. The average molecular weight is 277 g/mol. The molecule has 0 spiro atoms. The molecule has 0 fully saturated rings. The fraction of sp³-hybridized carbons (Fsp3) is 0.0588. The van der Waals surface area contributed by atoms with Crippen LogP contribution in [0.3, 0.4) is 0 Å². The molecule has 0 bridgehead atoms. The molecule has 4 nitrogen and oxygen atoms in total. The third-order valence-electron chi connectivity index (χ3n) is 3.33.